The fourth-order valence-electron chi connectivity index (χ4n) is 1.69. The Morgan fingerprint density at radius 2 is 2.07 bits per heavy atom. The lowest BCUT2D eigenvalue weighted by Crippen LogP contribution is -2.14. The normalized spacial score (nSPS) is 12.7. The molecule has 0 bridgehead atoms. The highest BCUT2D eigenvalue weighted by molar-refractivity contribution is 5.33. The monoisotopic (exact) mass is 202 g/mol. The van der Waals surface area contributed by atoms with Crippen LogP contribution in [0, 0.1) is 0 Å². The first-order valence-corrected chi connectivity index (χ1v) is 4.84. The zero-order chi connectivity index (χ0) is 10.8. The van der Waals surface area contributed by atoms with Gasteiger partial charge in [0.05, 0.1) is 6.04 Å². The average Bonchev–Trinajstić information content (AvgIpc) is 2.63. The minimum atomic E-state index is -0.197. The predicted molar refractivity (Wildman–Crippen MR) is 59.6 cm³/mol. The van der Waals surface area contributed by atoms with Crippen LogP contribution in [-0.2, 0) is 7.05 Å². The molecule has 0 aliphatic heterocycles. The van der Waals surface area contributed by atoms with Gasteiger partial charge < -0.3 is 15.4 Å². The zero-order valence-electron chi connectivity index (χ0n) is 8.59. The van der Waals surface area contributed by atoms with Gasteiger partial charge in [0.2, 0.25) is 0 Å². The van der Waals surface area contributed by atoms with Crippen LogP contribution in [0.25, 0.3) is 0 Å². The molecule has 15 heavy (non-hydrogen) atoms. The molecule has 1 aromatic carbocycles. The number of phenols is 1. The summed E-state index contributed by atoms with van der Waals surface area (Å²) in [6.45, 7) is 0. The molecule has 0 saturated carbocycles. The number of hydrogen-bond acceptors (Lipinski definition) is 2. The Labute approximate surface area is 88.8 Å². The Morgan fingerprint density at radius 1 is 1.27 bits per heavy atom. The van der Waals surface area contributed by atoms with Gasteiger partial charge in [0, 0.05) is 18.9 Å². The van der Waals surface area contributed by atoms with E-state index in [0.717, 1.165) is 11.3 Å². The molecule has 3 N–H and O–H groups in total. The lowest BCUT2D eigenvalue weighted by Gasteiger charge is -2.13. The highest BCUT2D eigenvalue weighted by Crippen LogP contribution is 2.22. The van der Waals surface area contributed by atoms with E-state index in [2.05, 4.69) is 0 Å². The predicted octanol–water partition coefficient (Wildman–Crippen LogP) is 1.78. The van der Waals surface area contributed by atoms with Gasteiger partial charge in [-0.1, -0.05) is 12.1 Å². The number of nitrogens with zero attached hydrogens (tertiary/aromatic N) is 1. The molecule has 0 amide bonds. The largest absolute Gasteiger partial charge is 0.508 e. The second kappa shape index (κ2) is 3.79. The van der Waals surface area contributed by atoms with Crippen LogP contribution in [-0.4, -0.2) is 9.67 Å². The van der Waals surface area contributed by atoms with Crippen LogP contribution < -0.4 is 5.73 Å². The minimum absolute atomic E-state index is 0.197. The molecule has 0 fully saturated rings. The van der Waals surface area contributed by atoms with Gasteiger partial charge in [-0.25, -0.2) is 0 Å². The number of rotatable bonds is 2. The topological polar surface area (TPSA) is 51.2 Å². The summed E-state index contributed by atoms with van der Waals surface area (Å²) < 4.78 is 1.98. The van der Waals surface area contributed by atoms with Crippen molar-refractivity contribution in [1.29, 1.82) is 0 Å². The van der Waals surface area contributed by atoms with Crippen LogP contribution in [0.2, 0.25) is 0 Å². The third kappa shape index (κ3) is 1.87. The van der Waals surface area contributed by atoms with Crippen molar-refractivity contribution in [1.82, 2.24) is 4.57 Å². The van der Waals surface area contributed by atoms with Crippen LogP contribution >= 0.6 is 0 Å². The lowest BCUT2D eigenvalue weighted by molar-refractivity contribution is 0.474. The minimum Gasteiger partial charge on any atom is -0.508 e. The van der Waals surface area contributed by atoms with Crippen molar-refractivity contribution >= 4 is 0 Å². The molecule has 0 aliphatic carbocycles. The fraction of sp³-hybridized carbons (Fsp3) is 0.167. The fourth-order valence-corrected chi connectivity index (χ4v) is 1.69. The van der Waals surface area contributed by atoms with Crippen molar-refractivity contribution in [2.75, 3.05) is 0 Å². The van der Waals surface area contributed by atoms with E-state index in [1.54, 1.807) is 18.2 Å². The quantitative estimate of drug-likeness (QED) is 0.779. The number of hydrogen-bond donors (Lipinski definition) is 2. The molecule has 1 aromatic heterocycles. The summed E-state index contributed by atoms with van der Waals surface area (Å²) >= 11 is 0. The first-order valence-electron chi connectivity index (χ1n) is 4.84. The van der Waals surface area contributed by atoms with Gasteiger partial charge in [-0.2, -0.15) is 0 Å². The molecule has 0 spiro atoms. The molecule has 3 nitrogen and oxygen atoms in total. The maximum Gasteiger partial charge on any atom is 0.115 e. The molecular formula is C12H14N2O. The summed E-state index contributed by atoms with van der Waals surface area (Å²) in [5, 5.41) is 9.37. The zero-order valence-corrected chi connectivity index (χ0v) is 8.59. The second-order valence-electron chi connectivity index (χ2n) is 3.62. The Kier molecular flexibility index (Phi) is 2.47. The van der Waals surface area contributed by atoms with Crippen LogP contribution in [0.4, 0.5) is 0 Å². The molecule has 1 atom stereocenters. The molecule has 1 unspecified atom stereocenters. The van der Waals surface area contributed by atoms with Crippen LogP contribution in [0.15, 0.2) is 42.6 Å². The van der Waals surface area contributed by atoms with Crippen molar-refractivity contribution in [3.8, 4) is 5.75 Å². The number of aryl methyl sites for hydroxylation is 1. The number of benzene rings is 1. The Bertz CT molecular complexity index is 462. The van der Waals surface area contributed by atoms with Gasteiger partial charge in [-0.05, 0) is 29.8 Å². The van der Waals surface area contributed by atoms with E-state index in [-0.39, 0.29) is 11.8 Å². The van der Waals surface area contributed by atoms with Crippen molar-refractivity contribution in [2.24, 2.45) is 12.8 Å². The van der Waals surface area contributed by atoms with Crippen molar-refractivity contribution in [3.05, 3.63) is 53.9 Å². The highest BCUT2D eigenvalue weighted by Gasteiger charge is 2.11. The van der Waals surface area contributed by atoms with Crippen LogP contribution in [0.1, 0.15) is 17.3 Å². The molecule has 2 aromatic rings. The summed E-state index contributed by atoms with van der Waals surface area (Å²) in [6, 6.07) is 10.8. The Balaban J connectivity index is 2.36. The third-order valence-electron chi connectivity index (χ3n) is 2.53. The first-order chi connectivity index (χ1) is 7.18. The number of aromatic nitrogens is 1. The summed E-state index contributed by atoms with van der Waals surface area (Å²) in [7, 11) is 1.96. The summed E-state index contributed by atoms with van der Waals surface area (Å²) in [5.41, 5.74) is 8.04. The Morgan fingerprint density at radius 3 is 2.67 bits per heavy atom. The van der Waals surface area contributed by atoms with Gasteiger partial charge >= 0.3 is 0 Å². The van der Waals surface area contributed by atoms with E-state index in [9.17, 15) is 5.11 Å². The Hall–Kier alpha value is -1.74. The van der Waals surface area contributed by atoms with Crippen LogP contribution in [0.5, 0.6) is 5.75 Å². The van der Waals surface area contributed by atoms with E-state index >= 15 is 0 Å². The highest BCUT2D eigenvalue weighted by atomic mass is 16.3. The molecule has 3 heteroatoms. The second-order valence-corrected chi connectivity index (χ2v) is 3.62. The van der Waals surface area contributed by atoms with Gasteiger partial charge in [0.1, 0.15) is 5.75 Å². The number of nitrogens with two attached hydrogens (primary N) is 1. The maximum absolute atomic E-state index is 9.37. The molecule has 78 valence electrons. The molecule has 0 saturated heterocycles. The molecule has 0 aliphatic rings. The number of aromatic hydroxyl groups is 1. The van der Waals surface area contributed by atoms with Crippen molar-refractivity contribution < 1.29 is 5.11 Å². The number of phenolic OH excluding ortho intramolecular Hbond substituents is 1. The average molecular weight is 202 g/mol. The molecule has 0 radical (unpaired) electrons. The summed E-state index contributed by atoms with van der Waals surface area (Å²) in [5.74, 6) is 0.247. The van der Waals surface area contributed by atoms with E-state index < -0.39 is 0 Å². The van der Waals surface area contributed by atoms with Gasteiger partial charge in [0.15, 0.2) is 0 Å². The SMILES string of the molecule is Cn1cccc1C(N)c1cccc(O)c1. The molecule has 2 rings (SSSR count). The van der Waals surface area contributed by atoms with Crippen molar-refractivity contribution in [3.63, 3.8) is 0 Å². The van der Waals surface area contributed by atoms with E-state index in [1.165, 1.54) is 0 Å². The summed E-state index contributed by atoms with van der Waals surface area (Å²) in [6.07, 6.45) is 1.96. The van der Waals surface area contributed by atoms with E-state index in [4.69, 9.17) is 5.73 Å². The van der Waals surface area contributed by atoms with Crippen molar-refractivity contribution in [2.45, 2.75) is 6.04 Å². The van der Waals surface area contributed by atoms with Crippen LogP contribution in [0.3, 0.4) is 0 Å². The first kappa shape index (κ1) is 9.80. The van der Waals surface area contributed by atoms with E-state index in [0.29, 0.717) is 0 Å². The smallest absolute Gasteiger partial charge is 0.115 e. The van der Waals surface area contributed by atoms with E-state index in [1.807, 2.05) is 36.0 Å². The molecular weight excluding hydrogens is 188 g/mol. The maximum atomic E-state index is 9.37. The van der Waals surface area contributed by atoms with Gasteiger partial charge in [-0.15, -0.1) is 0 Å². The third-order valence-corrected chi connectivity index (χ3v) is 2.53. The van der Waals surface area contributed by atoms with Gasteiger partial charge in [-0.3, -0.25) is 0 Å². The van der Waals surface area contributed by atoms with Gasteiger partial charge in [0.25, 0.3) is 0 Å². The molecule has 1 heterocycles. The summed E-state index contributed by atoms with van der Waals surface area (Å²) in [4.78, 5) is 0. The lowest BCUT2D eigenvalue weighted by atomic mass is 10.0. The standard InChI is InChI=1S/C12H14N2O/c1-14-7-3-6-11(14)12(13)9-4-2-5-10(15)8-9/h2-8,12,15H,13H2,1H3.